The molecule has 0 bridgehead atoms. The van der Waals surface area contributed by atoms with Crippen molar-refractivity contribution >= 4 is 5.82 Å². The summed E-state index contributed by atoms with van der Waals surface area (Å²) in [7, 11) is 0. The predicted octanol–water partition coefficient (Wildman–Crippen LogP) is 2.58. The lowest BCUT2D eigenvalue weighted by Gasteiger charge is -2.00. The van der Waals surface area contributed by atoms with Gasteiger partial charge in [0.1, 0.15) is 17.3 Å². The van der Waals surface area contributed by atoms with E-state index in [2.05, 4.69) is 17.1 Å². The minimum atomic E-state index is 0.497. The minimum Gasteiger partial charge on any atom is -0.383 e. The van der Waals surface area contributed by atoms with Gasteiger partial charge in [-0.1, -0.05) is 12.1 Å². The van der Waals surface area contributed by atoms with Crippen molar-refractivity contribution in [2.45, 2.75) is 26.7 Å². The smallest absolute Gasteiger partial charge is 0.137 e. The fourth-order valence-electron chi connectivity index (χ4n) is 1.60. The first-order chi connectivity index (χ1) is 7.70. The van der Waals surface area contributed by atoms with Crippen LogP contribution in [0, 0.1) is 6.92 Å². The van der Waals surface area contributed by atoms with Gasteiger partial charge in [0.15, 0.2) is 0 Å². The highest BCUT2D eigenvalue weighted by atomic mass is 16.5. The fraction of sp³-hybridized carbons (Fsp3) is 0.333. The number of rotatable bonds is 3. The second-order valence-corrected chi connectivity index (χ2v) is 3.81. The monoisotopic (exact) mass is 217 g/mol. The van der Waals surface area contributed by atoms with Gasteiger partial charge in [-0.25, -0.2) is 4.98 Å². The van der Waals surface area contributed by atoms with Crippen LogP contribution < -0.4 is 5.73 Å². The molecule has 0 unspecified atom stereocenters. The average Bonchev–Trinajstić information content (AvgIpc) is 2.67. The maximum Gasteiger partial charge on any atom is 0.137 e. The first-order valence-electron chi connectivity index (χ1n) is 5.39. The molecule has 84 valence electrons. The maximum atomic E-state index is 5.84. The van der Waals surface area contributed by atoms with Gasteiger partial charge in [-0.05, 0) is 25.5 Å². The first kappa shape index (κ1) is 10.7. The zero-order valence-electron chi connectivity index (χ0n) is 9.53. The lowest BCUT2D eigenvalue weighted by molar-refractivity contribution is 0.384. The third kappa shape index (κ3) is 2.05. The summed E-state index contributed by atoms with van der Waals surface area (Å²) in [6.45, 7) is 4.01. The third-order valence-corrected chi connectivity index (χ3v) is 2.40. The van der Waals surface area contributed by atoms with Crippen LogP contribution in [0.5, 0.6) is 0 Å². The van der Waals surface area contributed by atoms with Crippen LogP contribution in [0.3, 0.4) is 0 Å². The molecule has 2 rings (SSSR count). The van der Waals surface area contributed by atoms with E-state index in [0.29, 0.717) is 5.82 Å². The molecule has 2 aromatic rings. The number of nitrogen functional groups attached to an aromatic ring is 1. The van der Waals surface area contributed by atoms with Crippen molar-refractivity contribution in [2.24, 2.45) is 0 Å². The van der Waals surface area contributed by atoms with Gasteiger partial charge in [0.2, 0.25) is 0 Å². The Kier molecular flexibility index (Phi) is 2.90. The first-order valence-corrected chi connectivity index (χ1v) is 5.39. The van der Waals surface area contributed by atoms with Crippen LogP contribution in [-0.2, 0) is 6.42 Å². The second kappa shape index (κ2) is 4.35. The molecular weight excluding hydrogens is 202 g/mol. The standard InChI is InChI=1S/C12H15N3O/c1-3-4-9-7-11(15-16-9)10-6-5-8(2)14-12(10)13/h5-7H,3-4H2,1-2H3,(H2,13,14). The summed E-state index contributed by atoms with van der Waals surface area (Å²) in [4.78, 5) is 4.20. The summed E-state index contributed by atoms with van der Waals surface area (Å²) in [5.74, 6) is 1.38. The van der Waals surface area contributed by atoms with E-state index in [9.17, 15) is 0 Å². The second-order valence-electron chi connectivity index (χ2n) is 3.81. The number of hydrogen-bond acceptors (Lipinski definition) is 4. The summed E-state index contributed by atoms with van der Waals surface area (Å²) in [6, 6.07) is 5.76. The molecule has 0 atom stereocenters. The Hall–Kier alpha value is -1.84. The van der Waals surface area contributed by atoms with Crippen LogP contribution in [0.1, 0.15) is 24.8 Å². The summed E-state index contributed by atoms with van der Waals surface area (Å²) in [5, 5.41) is 4.00. The Bertz CT molecular complexity index is 491. The van der Waals surface area contributed by atoms with E-state index in [1.807, 2.05) is 25.1 Å². The predicted molar refractivity (Wildman–Crippen MR) is 62.9 cm³/mol. The van der Waals surface area contributed by atoms with E-state index in [0.717, 1.165) is 35.6 Å². The number of anilines is 1. The number of nitrogens with two attached hydrogens (primary N) is 1. The lowest BCUT2D eigenvalue weighted by Crippen LogP contribution is -1.95. The highest BCUT2D eigenvalue weighted by Crippen LogP contribution is 2.24. The van der Waals surface area contributed by atoms with Crippen LogP contribution in [0.25, 0.3) is 11.3 Å². The van der Waals surface area contributed by atoms with Crippen LogP contribution in [0.15, 0.2) is 22.7 Å². The molecule has 16 heavy (non-hydrogen) atoms. The topological polar surface area (TPSA) is 64.9 Å². The van der Waals surface area contributed by atoms with Crippen molar-refractivity contribution in [3.8, 4) is 11.3 Å². The van der Waals surface area contributed by atoms with Gasteiger partial charge in [0.05, 0.1) is 0 Å². The largest absolute Gasteiger partial charge is 0.383 e. The molecule has 2 aromatic heterocycles. The van der Waals surface area contributed by atoms with Crippen LogP contribution >= 0.6 is 0 Å². The van der Waals surface area contributed by atoms with E-state index >= 15 is 0 Å². The lowest BCUT2D eigenvalue weighted by atomic mass is 10.1. The molecule has 4 heteroatoms. The highest BCUT2D eigenvalue weighted by molar-refractivity contribution is 5.70. The summed E-state index contributed by atoms with van der Waals surface area (Å²) < 4.78 is 5.21. The minimum absolute atomic E-state index is 0.497. The third-order valence-electron chi connectivity index (χ3n) is 2.40. The summed E-state index contributed by atoms with van der Waals surface area (Å²) in [6.07, 6.45) is 1.93. The number of aromatic nitrogens is 2. The molecule has 0 saturated heterocycles. The highest BCUT2D eigenvalue weighted by Gasteiger charge is 2.09. The molecule has 0 aliphatic heterocycles. The molecule has 0 aliphatic carbocycles. The van der Waals surface area contributed by atoms with Gasteiger partial charge in [-0.15, -0.1) is 0 Å². The van der Waals surface area contributed by atoms with Crippen molar-refractivity contribution < 1.29 is 4.52 Å². The van der Waals surface area contributed by atoms with Gasteiger partial charge < -0.3 is 10.3 Å². The number of aryl methyl sites for hydroxylation is 2. The summed E-state index contributed by atoms with van der Waals surface area (Å²) >= 11 is 0. The summed E-state index contributed by atoms with van der Waals surface area (Å²) in [5.41, 5.74) is 8.33. The molecule has 0 aromatic carbocycles. The molecule has 2 N–H and O–H groups in total. The molecule has 0 saturated carbocycles. The number of hydrogen-bond donors (Lipinski definition) is 1. The Morgan fingerprint density at radius 2 is 2.19 bits per heavy atom. The molecule has 0 fully saturated rings. The molecule has 0 spiro atoms. The zero-order valence-corrected chi connectivity index (χ0v) is 9.53. The van der Waals surface area contributed by atoms with Crippen molar-refractivity contribution in [1.29, 1.82) is 0 Å². The van der Waals surface area contributed by atoms with Crippen LogP contribution in [0.2, 0.25) is 0 Å². The molecule has 2 heterocycles. The van der Waals surface area contributed by atoms with E-state index < -0.39 is 0 Å². The van der Waals surface area contributed by atoms with Gasteiger partial charge in [-0.3, -0.25) is 0 Å². The van der Waals surface area contributed by atoms with Crippen LogP contribution in [-0.4, -0.2) is 10.1 Å². The Balaban J connectivity index is 2.35. The number of nitrogens with zero attached hydrogens (tertiary/aromatic N) is 2. The normalized spacial score (nSPS) is 10.6. The van der Waals surface area contributed by atoms with Crippen LogP contribution in [0.4, 0.5) is 5.82 Å². The van der Waals surface area contributed by atoms with Gasteiger partial charge in [0, 0.05) is 23.7 Å². The molecule has 0 aliphatic rings. The van der Waals surface area contributed by atoms with Crippen molar-refractivity contribution in [2.75, 3.05) is 5.73 Å². The van der Waals surface area contributed by atoms with Gasteiger partial charge in [-0.2, -0.15) is 0 Å². The van der Waals surface area contributed by atoms with E-state index in [-0.39, 0.29) is 0 Å². The molecular formula is C12H15N3O. The van der Waals surface area contributed by atoms with Crippen molar-refractivity contribution in [3.05, 3.63) is 29.7 Å². The average molecular weight is 217 g/mol. The molecule has 0 radical (unpaired) electrons. The maximum absolute atomic E-state index is 5.84. The van der Waals surface area contributed by atoms with Crippen molar-refractivity contribution in [1.82, 2.24) is 10.1 Å². The van der Waals surface area contributed by atoms with Gasteiger partial charge >= 0.3 is 0 Å². The van der Waals surface area contributed by atoms with E-state index in [4.69, 9.17) is 10.3 Å². The van der Waals surface area contributed by atoms with Gasteiger partial charge in [0.25, 0.3) is 0 Å². The quantitative estimate of drug-likeness (QED) is 0.858. The van der Waals surface area contributed by atoms with E-state index in [1.165, 1.54) is 0 Å². The SMILES string of the molecule is CCCc1cc(-c2ccc(C)nc2N)no1. The Morgan fingerprint density at radius 1 is 1.38 bits per heavy atom. The Labute approximate surface area is 94.5 Å². The fourth-order valence-corrected chi connectivity index (χ4v) is 1.60. The van der Waals surface area contributed by atoms with Crippen molar-refractivity contribution in [3.63, 3.8) is 0 Å². The molecule has 4 nitrogen and oxygen atoms in total. The zero-order chi connectivity index (χ0) is 11.5. The number of pyridine rings is 1. The van der Waals surface area contributed by atoms with E-state index in [1.54, 1.807) is 0 Å². The molecule has 0 amide bonds. The Morgan fingerprint density at radius 3 is 2.88 bits per heavy atom.